The van der Waals surface area contributed by atoms with E-state index in [1.54, 1.807) is 4.68 Å². The summed E-state index contributed by atoms with van der Waals surface area (Å²) in [5, 5.41) is 11.3. The number of benzene rings is 3. The smallest absolute Gasteiger partial charge is 0.231 e. The zero-order valence-electron chi connectivity index (χ0n) is 23.8. The maximum absolute atomic E-state index is 14.6. The van der Waals surface area contributed by atoms with E-state index in [-0.39, 0.29) is 16.0 Å². The van der Waals surface area contributed by atoms with Crippen LogP contribution >= 0.6 is 0 Å². The fraction of sp³-hybridized carbons (Fsp3) is 0.323. The van der Waals surface area contributed by atoms with Crippen molar-refractivity contribution in [3.8, 4) is 5.88 Å². The topological polar surface area (TPSA) is 91.7 Å². The number of rotatable bonds is 8. The van der Waals surface area contributed by atoms with Gasteiger partial charge in [-0.05, 0) is 34.8 Å². The molecule has 9 heteroatoms. The zero-order chi connectivity index (χ0) is 28.6. The van der Waals surface area contributed by atoms with E-state index in [1.165, 1.54) is 6.20 Å². The Labute approximate surface area is 238 Å². The zero-order valence-corrected chi connectivity index (χ0v) is 25.6. The number of fused-ring (bicyclic) bond motifs is 1. The van der Waals surface area contributed by atoms with Crippen molar-refractivity contribution >= 4 is 18.2 Å². The van der Waals surface area contributed by atoms with Crippen molar-refractivity contribution in [1.29, 1.82) is 0 Å². The molecule has 0 bridgehead atoms. The van der Waals surface area contributed by atoms with E-state index in [4.69, 9.17) is 18.7 Å². The van der Waals surface area contributed by atoms with Crippen molar-refractivity contribution in [3.63, 3.8) is 0 Å². The number of ether oxygens (including phenoxy) is 1. The van der Waals surface area contributed by atoms with Crippen LogP contribution in [-0.4, -0.2) is 35.0 Å². The van der Waals surface area contributed by atoms with Crippen LogP contribution in [0.3, 0.4) is 0 Å². The lowest BCUT2D eigenvalue weighted by atomic mass is 9.78. The van der Waals surface area contributed by atoms with Crippen molar-refractivity contribution in [2.75, 3.05) is 6.61 Å². The van der Waals surface area contributed by atoms with Gasteiger partial charge in [0.2, 0.25) is 5.88 Å². The molecule has 7 nitrogen and oxygen atoms in total. The molecule has 40 heavy (non-hydrogen) atoms. The van der Waals surface area contributed by atoms with E-state index < -0.39 is 23.8 Å². The third-order valence-corrected chi connectivity index (χ3v) is 14.0. The van der Waals surface area contributed by atoms with Crippen LogP contribution in [0, 0.1) is 0 Å². The third-order valence-electron chi connectivity index (χ3n) is 8.01. The average molecular weight is 575 g/mol. The molecule has 2 atom stereocenters. The van der Waals surface area contributed by atoms with Crippen LogP contribution < -0.4 is 9.88 Å². The van der Waals surface area contributed by atoms with Crippen LogP contribution in [0.5, 0.6) is 5.88 Å². The Morgan fingerprint density at radius 1 is 0.950 bits per heavy atom. The molecule has 0 saturated carbocycles. The Hall–Kier alpha value is -3.24. The molecule has 0 aliphatic carbocycles. The van der Waals surface area contributed by atoms with E-state index in [2.05, 4.69) is 39.0 Å². The molecule has 1 aliphatic heterocycles. The Kier molecular flexibility index (Phi) is 7.52. The van der Waals surface area contributed by atoms with Gasteiger partial charge in [0.25, 0.3) is 0 Å². The lowest BCUT2D eigenvalue weighted by molar-refractivity contribution is 0.135. The van der Waals surface area contributed by atoms with Gasteiger partial charge in [-0.3, -0.25) is 0 Å². The highest BCUT2D eigenvalue weighted by molar-refractivity contribution is 7.91. The van der Waals surface area contributed by atoms with E-state index in [0.717, 1.165) is 16.7 Å². The molecule has 4 aromatic rings. The lowest BCUT2D eigenvalue weighted by Gasteiger charge is -2.36. The number of hydrogen-bond donors (Lipinski definition) is 1. The fourth-order valence-corrected chi connectivity index (χ4v) is 7.21. The highest BCUT2D eigenvalue weighted by Gasteiger charge is 2.41. The number of aromatic nitrogens is 2. The summed E-state index contributed by atoms with van der Waals surface area (Å²) in [5.74, 6) is 0.392. The molecule has 210 valence electrons. The lowest BCUT2D eigenvalue weighted by Crippen LogP contribution is -2.43. The summed E-state index contributed by atoms with van der Waals surface area (Å²) < 4.78 is 34.0. The first-order chi connectivity index (χ1) is 18.9. The van der Waals surface area contributed by atoms with Crippen molar-refractivity contribution < 1.29 is 13.4 Å². The van der Waals surface area contributed by atoms with Gasteiger partial charge >= 0.3 is 0 Å². The second-order valence-corrected chi connectivity index (χ2v) is 18.3. The van der Waals surface area contributed by atoms with E-state index in [1.807, 2.05) is 91.0 Å². The molecule has 5 rings (SSSR count). The highest BCUT2D eigenvalue weighted by atomic mass is 32.2. The molecule has 1 aromatic heterocycles. The van der Waals surface area contributed by atoms with E-state index >= 15 is 0 Å². The summed E-state index contributed by atoms with van der Waals surface area (Å²) in [6.07, 6.45) is 1.28. The van der Waals surface area contributed by atoms with Gasteiger partial charge < -0.3 is 9.16 Å². The number of nitrogens with two attached hydrogens (primary N) is 1. The Morgan fingerprint density at radius 3 is 1.88 bits per heavy atom. The summed E-state index contributed by atoms with van der Waals surface area (Å²) in [6.45, 7) is 12.0. The van der Waals surface area contributed by atoms with Crippen LogP contribution in [-0.2, 0) is 26.4 Å². The molecule has 0 spiro atoms. The molecule has 2 N–H and O–H groups in total. The fourth-order valence-electron chi connectivity index (χ4n) is 4.75. The first-order valence-electron chi connectivity index (χ1n) is 13.5. The maximum Gasteiger partial charge on any atom is 0.231 e. The monoisotopic (exact) mass is 574 g/mol. The van der Waals surface area contributed by atoms with Crippen molar-refractivity contribution in [2.24, 2.45) is 9.50 Å². The van der Waals surface area contributed by atoms with Crippen molar-refractivity contribution in [3.05, 3.63) is 114 Å². The summed E-state index contributed by atoms with van der Waals surface area (Å²) >= 11 is 0. The van der Waals surface area contributed by atoms with Gasteiger partial charge in [0.05, 0.1) is 19.3 Å². The maximum atomic E-state index is 14.6. The van der Waals surface area contributed by atoms with Crippen molar-refractivity contribution in [1.82, 2.24) is 9.78 Å². The molecule has 0 fully saturated rings. The van der Waals surface area contributed by atoms with Crippen LogP contribution in [0.2, 0.25) is 18.1 Å². The van der Waals surface area contributed by atoms with Gasteiger partial charge in [-0.15, -0.1) is 0 Å². The average Bonchev–Trinajstić information content (AvgIpc) is 3.52. The first kappa shape index (κ1) is 28.3. The Morgan fingerprint density at radius 2 is 1.43 bits per heavy atom. The van der Waals surface area contributed by atoms with Gasteiger partial charge in [0.1, 0.15) is 26.5 Å². The first-order valence-corrected chi connectivity index (χ1v) is 18.0. The largest absolute Gasteiger partial charge is 0.469 e. The second kappa shape index (κ2) is 10.6. The normalized spacial score (nSPS) is 17.1. The minimum Gasteiger partial charge on any atom is -0.469 e. The minimum atomic E-state index is -3.50. The van der Waals surface area contributed by atoms with E-state index in [9.17, 15) is 4.21 Å². The standard InChI is InChI=1S/C31H38N4O3SSi/c1-30(2,3)40(4,5)37-23-27-22-35-29(38-27)28(21-33-35)39(32,36)34-31(24-15-9-6-10-16-24,25-17-11-7-12-18-25)26-19-13-8-14-20-26/h6-21,27H,22-23H2,1-5H3,(H2,32,34,36). The third kappa shape index (κ3) is 5.26. The summed E-state index contributed by atoms with van der Waals surface area (Å²) in [4.78, 5) is 0.287. The molecule has 0 radical (unpaired) electrons. The molecular weight excluding hydrogens is 537 g/mol. The second-order valence-electron chi connectivity index (χ2n) is 11.8. The van der Waals surface area contributed by atoms with Gasteiger partial charge in [-0.1, -0.05) is 112 Å². The Bertz CT molecular complexity index is 1480. The number of nitrogens with zero attached hydrogens (tertiary/aromatic N) is 3. The molecular formula is C31H38N4O3SSi. The van der Waals surface area contributed by atoms with E-state index in [0.29, 0.717) is 19.0 Å². The summed E-state index contributed by atoms with van der Waals surface area (Å²) in [5.41, 5.74) is 1.44. The van der Waals surface area contributed by atoms with Gasteiger partial charge in [0.15, 0.2) is 8.32 Å². The molecule has 0 saturated heterocycles. The quantitative estimate of drug-likeness (QED) is 0.196. The van der Waals surface area contributed by atoms with Crippen molar-refractivity contribution in [2.45, 2.75) is 62.0 Å². The molecule has 0 amide bonds. The number of hydrogen-bond acceptors (Lipinski definition) is 5. The molecule has 2 unspecified atom stereocenters. The summed E-state index contributed by atoms with van der Waals surface area (Å²) in [7, 11) is -5.46. The van der Waals surface area contributed by atoms with Gasteiger partial charge in [-0.2, -0.15) is 9.46 Å². The predicted molar refractivity (Wildman–Crippen MR) is 162 cm³/mol. The van der Waals surface area contributed by atoms with Crippen LogP contribution in [0.1, 0.15) is 37.5 Å². The van der Waals surface area contributed by atoms with Gasteiger partial charge in [0, 0.05) is 0 Å². The summed E-state index contributed by atoms with van der Waals surface area (Å²) in [6, 6.07) is 29.5. The molecule has 1 aliphatic rings. The SMILES string of the molecule is CC(C)(C)[Si](C)(C)OCC1Cn2ncc(S(N)(=O)=NC(c3ccccc3)(c3ccccc3)c3ccccc3)c2O1. The minimum absolute atomic E-state index is 0.0877. The molecule has 2 heterocycles. The Balaban J connectivity index is 1.59. The van der Waals surface area contributed by atoms with Gasteiger partial charge in [-0.25, -0.2) is 14.0 Å². The van der Waals surface area contributed by atoms with Crippen LogP contribution in [0.4, 0.5) is 0 Å². The predicted octanol–water partition coefficient (Wildman–Crippen LogP) is 6.36. The van der Waals surface area contributed by atoms with Crippen LogP contribution in [0.15, 0.2) is 106 Å². The molecule has 3 aromatic carbocycles. The van der Waals surface area contributed by atoms with Crippen LogP contribution in [0.25, 0.3) is 0 Å². The highest BCUT2D eigenvalue weighted by Crippen LogP contribution is 2.43.